The number of likely N-dealkylation sites (tertiary alicyclic amines) is 1. The minimum atomic E-state index is -0.477. The maximum absolute atomic E-state index is 13.0. The minimum Gasteiger partial charge on any atom is -0.451 e. The van der Waals surface area contributed by atoms with Crippen LogP contribution >= 0.6 is 11.9 Å². The van der Waals surface area contributed by atoms with Gasteiger partial charge in [-0.15, -0.1) is 12.3 Å². The summed E-state index contributed by atoms with van der Waals surface area (Å²) in [5.74, 6) is 3.86. The second kappa shape index (κ2) is 17.8. The Kier molecular flexibility index (Phi) is 13.3. The molecule has 1 saturated carbocycles. The van der Waals surface area contributed by atoms with Crippen molar-refractivity contribution in [2.24, 2.45) is 15.6 Å². The summed E-state index contributed by atoms with van der Waals surface area (Å²) in [5, 5.41) is 13.8. The van der Waals surface area contributed by atoms with Gasteiger partial charge in [-0.1, -0.05) is 43.3 Å². The number of rotatable bonds is 14. The van der Waals surface area contributed by atoms with E-state index in [9.17, 15) is 9.59 Å². The molecule has 6 rings (SSSR count). The average Bonchev–Trinajstić information content (AvgIpc) is 3.89. The molecule has 2 saturated heterocycles. The molecule has 4 aliphatic rings. The van der Waals surface area contributed by atoms with Crippen LogP contribution in [0.1, 0.15) is 81.0 Å². The summed E-state index contributed by atoms with van der Waals surface area (Å²) in [6.45, 7) is 4.71. The molecule has 3 aliphatic heterocycles. The summed E-state index contributed by atoms with van der Waals surface area (Å²) in [4.78, 5) is 38.5. The van der Waals surface area contributed by atoms with E-state index in [-0.39, 0.29) is 18.4 Å². The van der Waals surface area contributed by atoms with Crippen LogP contribution in [-0.2, 0) is 4.79 Å². The van der Waals surface area contributed by atoms with Gasteiger partial charge >= 0.3 is 0 Å². The lowest BCUT2D eigenvalue weighted by Gasteiger charge is -2.54. The topological polar surface area (TPSA) is 136 Å². The van der Waals surface area contributed by atoms with Crippen molar-refractivity contribution in [2.45, 2.75) is 82.3 Å². The van der Waals surface area contributed by atoms with Crippen LogP contribution in [0.2, 0.25) is 0 Å². The summed E-state index contributed by atoms with van der Waals surface area (Å²) < 4.78 is 9.62. The van der Waals surface area contributed by atoms with Crippen LogP contribution in [0.15, 0.2) is 47.0 Å². The summed E-state index contributed by atoms with van der Waals surface area (Å²) >= 11 is 1.76. The fraction of sp³-hybridized carbons (Fsp3) is 0.611. The van der Waals surface area contributed by atoms with Gasteiger partial charge in [0.25, 0.3) is 5.91 Å². The van der Waals surface area contributed by atoms with Crippen LogP contribution in [-0.4, -0.2) is 91.0 Å². The number of amides is 2. The van der Waals surface area contributed by atoms with Crippen LogP contribution < -0.4 is 25.0 Å². The SMILES string of the molecule is C#CCCC1(CCC(=O)NCCNC(=O)c2ccccc2Oc2cncnc2N2CC3(CCN(C)CC3)C2)N=N1.CSNC1CCCCC1. The lowest BCUT2D eigenvalue weighted by molar-refractivity contribution is -0.121. The number of nitrogens with one attached hydrogen (secondary N) is 3. The Bertz CT molecular complexity index is 1450. The van der Waals surface area contributed by atoms with Gasteiger partial charge in [-0.2, -0.15) is 10.2 Å². The summed E-state index contributed by atoms with van der Waals surface area (Å²) in [7, 11) is 2.17. The molecule has 12 nitrogen and oxygen atoms in total. The van der Waals surface area contributed by atoms with Gasteiger partial charge in [0.1, 0.15) is 12.1 Å². The number of nitrogens with zero attached hydrogens (tertiary/aromatic N) is 6. The van der Waals surface area contributed by atoms with Gasteiger partial charge in [0.15, 0.2) is 17.2 Å². The van der Waals surface area contributed by atoms with E-state index in [1.807, 2.05) is 6.07 Å². The Morgan fingerprint density at radius 3 is 2.49 bits per heavy atom. The second-order valence-corrected chi connectivity index (χ2v) is 14.3. The van der Waals surface area contributed by atoms with Crippen LogP contribution in [0.25, 0.3) is 0 Å². The predicted octanol–water partition coefficient (Wildman–Crippen LogP) is 5.19. The minimum absolute atomic E-state index is 0.111. The normalized spacial score (nSPS) is 19.2. The Hall–Kier alpha value is -3.73. The molecule has 49 heavy (non-hydrogen) atoms. The molecular weight excluding hydrogens is 639 g/mol. The van der Waals surface area contributed by atoms with Crippen molar-refractivity contribution in [3.05, 3.63) is 42.4 Å². The van der Waals surface area contributed by atoms with Crippen LogP contribution in [0.5, 0.6) is 11.5 Å². The molecule has 1 aromatic carbocycles. The standard InChI is InChI=1S/C29H36N8O3.C7H15NS/c1-3-4-10-29(34-35-29)11-9-25(38)31-14-15-32-27(39)22-7-5-6-8-23(22)40-24-18-30-21-33-26(24)37-19-28(20-37)12-16-36(2)17-13-28;1-9-8-7-5-3-2-4-6-7/h1,5-8,18,21H,4,9-17,19-20H2,2H3,(H,31,38)(H,32,39);7-8H,2-6H2,1H3. The number of piperidine rings is 1. The molecule has 3 N–H and O–H groups in total. The number of hydrogen-bond acceptors (Lipinski definition) is 11. The van der Waals surface area contributed by atoms with E-state index >= 15 is 0 Å². The number of anilines is 1. The Balaban J connectivity index is 0.000000452. The van der Waals surface area contributed by atoms with Gasteiger partial charge in [0, 0.05) is 63.3 Å². The number of benzene rings is 1. The lowest BCUT2D eigenvalue weighted by atomic mass is 9.72. The fourth-order valence-corrected chi connectivity index (χ4v) is 7.30. The predicted molar refractivity (Wildman–Crippen MR) is 194 cm³/mol. The van der Waals surface area contributed by atoms with Gasteiger partial charge in [0.05, 0.1) is 11.8 Å². The first-order valence-corrected chi connectivity index (χ1v) is 18.8. The van der Waals surface area contributed by atoms with Gasteiger partial charge in [-0.25, -0.2) is 9.97 Å². The van der Waals surface area contributed by atoms with Crippen molar-refractivity contribution >= 4 is 29.6 Å². The van der Waals surface area contributed by atoms with Gasteiger partial charge < -0.3 is 25.2 Å². The van der Waals surface area contributed by atoms with Gasteiger partial charge in [-0.3, -0.25) is 14.3 Å². The molecule has 2 aromatic rings. The first-order chi connectivity index (χ1) is 23.8. The van der Waals surface area contributed by atoms with E-state index in [4.69, 9.17) is 11.2 Å². The third kappa shape index (κ3) is 10.6. The molecular formula is C36H51N9O3S. The van der Waals surface area contributed by atoms with Crippen LogP contribution in [0.4, 0.5) is 5.82 Å². The molecule has 3 fully saturated rings. The molecule has 0 atom stereocenters. The Labute approximate surface area is 295 Å². The highest BCUT2D eigenvalue weighted by molar-refractivity contribution is 7.96. The van der Waals surface area contributed by atoms with Crippen molar-refractivity contribution in [2.75, 3.05) is 57.5 Å². The molecule has 2 amide bonds. The van der Waals surface area contributed by atoms with Crippen molar-refractivity contribution in [3.8, 4) is 23.8 Å². The molecule has 13 heteroatoms. The first kappa shape index (κ1) is 36.5. The molecule has 264 valence electrons. The summed E-state index contributed by atoms with van der Waals surface area (Å²) in [5.41, 5.74) is 0.259. The maximum Gasteiger partial charge on any atom is 0.255 e. The Morgan fingerprint density at radius 1 is 1.04 bits per heavy atom. The molecule has 1 aromatic heterocycles. The quantitative estimate of drug-likeness (QED) is 0.139. The molecule has 0 bridgehead atoms. The summed E-state index contributed by atoms with van der Waals surface area (Å²) in [6, 6.07) is 7.89. The smallest absolute Gasteiger partial charge is 0.255 e. The van der Waals surface area contributed by atoms with Crippen molar-refractivity contribution in [1.82, 2.24) is 30.2 Å². The number of hydrogen-bond donors (Lipinski definition) is 3. The highest BCUT2D eigenvalue weighted by Crippen LogP contribution is 2.44. The number of ether oxygens (including phenoxy) is 1. The average molecular weight is 690 g/mol. The lowest BCUT2D eigenvalue weighted by Crippen LogP contribution is -2.60. The van der Waals surface area contributed by atoms with Crippen LogP contribution in [0, 0.1) is 17.8 Å². The number of terminal acetylenes is 1. The summed E-state index contributed by atoms with van der Waals surface area (Å²) in [6.07, 6.45) is 22.1. The maximum atomic E-state index is 13.0. The molecule has 0 unspecified atom stereocenters. The van der Waals surface area contributed by atoms with Crippen molar-refractivity contribution in [1.29, 1.82) is 0 Å². The fourth-order valence-electron chi connectivity index (χ4n) is 6.73. The largest absolute Gasteiger partial charge is 0.451 e. The van der Waals surface area contributed by atoms with Crippen LogP contribution in [0.3, 0.4) is 0 Å². The first-order valence-electron chi connectivity index (χ1n) is 17.6. The van der Waals surface area contributed by atoms with Gasteiger partial charge in [-0.05, 0) is 64.2 Å². The van der Waals surface area contributed by atoms with E-state index in [2.05, 4.69) is 64.6 Å². The third-order valence-corrected chi connectivity index (χ3v) is 10.4. The Morgan fingerprint density at radius 2 is 1.78 bits per heavy atom. The zero-order valence-corrected chi connectivity index (χ0v) is 29.8. The van der Waals surface area contributed by atoms with E-state index < -0.39 is 5.66 Å². The number of carbonyl (C=O) groups excluding carboxylic acids is 2. The molecule has 0 radical (unpaired) electrons. The highest BCUT2D eigenvalue weighted by Gasteiger charge is 2.45. The second-order valence-electron chi connectivity index (χ2n) is 13.6. The highest BCUT2D eigenvalue weighted by atomic mass is 32.2. The van der Waals surface area contributed by atoms with E-state index in [1.165, 1.54) is 51.3 Å². The van der Waals surface area contributed by atoms with Gasteiger partial charge in [0.2, 0.25) is 5.91 Å². The van der Waals surface area contributed by atoms with Crippen molar-refractivity contribution < 1.29 is 14.3 Å². The van der Waals surface area contributed by atoms with Crippen molar-refractivity contribution in [3.63, 3.8) is 0 Å². The molecule has 1 spiro atoms. The van der Waals surface area contributed by atoms with E-state index in [1.54, 1.807) is 36.3 Å². The van der Waals surface area contributed by atoms with E-state index in [0.717, 1.165) is 38.0 Å². The third-order valence-electron chi connectivity index (χ3n) is 9.84. The molecule has 1 aliphatic carbocycles. The zero-order chi connectivity index (χ0) is 34.5. The number of aromatic nitrogens is 2. The monoisotopic (exact) mass is 689 g/mol. The van der Waals surface area contributed by atoms with E-state index in [0.29, 0.717) is 54.7 Å². The zero-order valence-electron chi connectivity index (χ0n) is 29.0. The number of carbonyl (C=O) groups is 2. The number of para-hydroxylation sites is 1. The molecule has 4 heterocycles.